The minimum atomic E-state index is -4.58. The molecule has 1 aliphatic rings. The minimum Gasteiger partial charge on any atom is -0.490 e. The zero-order valence-electron chi connectivity index (χ0n) is 16.0. The van der Waals surface area contributed by atoms with Gasteiger partial charge >= 0.3 is 12.2 Å². The first-order chi connectivity index (χ1) is 13.4. The van der Waals surface area contributed by atoms with Crippen LogP contribution in [-0.4, -0.2) is 29.7 Å². The predicted octanol–water partition coefficient (Wildman–Crippen LogP) is 5.37. The van der Waals surface area contributed by atoms with Crippen LogP contribution in [0.4, 0.5) is 24.7 Å². The van der Waals surface area contributed by atoms with Gasteiger partial charge in [-0.3, -0.25) is 0 Å². The molecule has 1 aliphatic carbocycles. The molecule has 0 saturated heterocycles. The first kappa shape index (κ1) is 20.2. The van der Waals surface area contributed by atoms with Crippen molar-refractivity contribution < 1.29 is 22.6 Å². The van der Waals surface area contributed by atoms with E-state index in [1.54, 1.807) is 25.1 Å². The molecule has 152 valence electrons. The lowest BCUT2D eigenvalue weighted by atomic mass is 9.98. The van der Waals surface area contributed by atoms with Crippen molar-refractivity contribution >= 4 is 11.5 Å². The molecule has 0 radical (unpaired) electrons. The van der Waals surface area contributed by atoms with Gasteiger partial charge in [-0.05, 0) is 44.7 Å². The summed E-state index contributed by atoms with van der Waals surface area (Å²) in [5.74, 6) is 0.379. The number of rotatable bonds is 6. The number of halogens is 3. The summed E-state index contributed by atoms with van der Waals surface area (Å²) in [6, 6.07) is 6.95. The first-order valence-corrected chi connectivity index (χ1v) is 9.46. The second-order valence-electron chi connectivity index (χ2n) is 6.75. The van der Waals surface area contributed by atoms with Crippen molar-refractivity contribution in [2.75, 3.05) is 18.6 Å². The molecule has 0 N–H and O–H groups in total. The van der Waals surface area contributed by atoms with Crippen molar-refractivity contribution in [3.05, 3.63) is 36.0 Å². The molecular formula is C20H24F3N3O2. The van der Waals surface area contributed by atoms with E-state index in [0.29, 0.717) is 11.4 Å². The number of anilines is 2. The molecule has 0 spiro atoms. The Bertz CT molecular complexity index is 793. The highest BCUT2D eigenvalue weighted by Gasteiger charge is 2.36. The SMILES string of the molecule is CCOc1ncc(C(F)(F)F)c(N(C)c2cccc(OC3CCCCC3)c2)n1. The third kappa shape index (κ3) is 4.85. The number of ether oxygens (including phenoxy) is 2. The van der Waals surface area contributed by atoms with Gasteiger partial charge < -0.3 is 14.4 Å². The Balaban J connectivity index is 1.89. The van der Waals surface area contributed by atoms with Crippen molar-refractivity contribution in [1.82, 2.24) is 9.97 Å². The standard InChI is InChI=1S/C20H24F3N3O2/c1-3-27-19-24-13-17(20(21,22)23)18(25-19)26(2)14-8-7-11-16(12-14)28-15-9-5-4-6-10-15/h7-8,11-13,15H,3-6,9-10H2,1-2H3. The Morgan fingerprint density at radius 3 is 2.61 bits per heavy atom. The molecule has 0 bridgehead atoms. The van der Waals surface area contributed by atoms with E-state index in [2.05, 4.69) is 9.97 Å². The average molecular weight is 395 g/mol. The molecule has 2 aromatic rings. The fraction of sp³-hybridized carbons (Fsp3) is 0.500. The van der Waals surface area contributed by atoms with Gasteiger partial charge in [0.2, 0.25) is 0 Å². The second kappa shape index (κ2) is 8.67. The van der Waals surface area contributed by atoms with Gasteiger partial charge in [-0.1, -0.05) is 12.5 Å². The molecule has 8 heteroatoms. The molecule has 28 heavy (non-hydrogen) atoms. The molecule has 1 aromatic heterocycles. The summed E-state index contributed by atoms with van der Waals surface area (Å²) in [4.78, 5) is 9.02. The summed E-state index contributed by atoms with van der Waals surface area (Å²) in [5.41, 5.74) is -0.378. The van der Waals surface area contributed by atoms with E-state index in [0.717, 1.165) is 31.9 Å². The predicted molar refractivity (Wildman–Crippen MR) is 100 cm³/mol. The highest BCUT2D eigenvalue weighted by atomic mass is 19.4. The highest BCUT2D eigenvalue weighted by molar-refractivity contribution is 5.64. The van der Waals surface area contributed by atoms with E-state index in [1.165, 1.54) is 18.4 Å². The third-order valence-electron chi connectivity index (χ3n) is 4.70. The van der Waals surface area contributed by atoms with E-state index in [1.807, 2.05) is 6.07 Å². The van der Waals surface area contributed by atoms with Crippen LogP contribution in [0, 0.1) is 0 Å². The molecule has 1 aromatic carbocycles. The largest absolute Gasteiger partial charge is 0.490 e. The summed E-state index contributed by atoms with van der Waals surface area (Å²) in [7, 11) is 1.53. The molecule has 1 fully saturated rings. The Morgan fingerprint density at radius 1 is 1.18 bits per heavy atom. The Kier molecular flexibility index (Phi) is 6.26. The molecule has 1 heterocycles. The van der Waals surface area contributed by atoms with E-state index in [4.69, 9.17) is 9.47 Å². The molecule has 5 nitrogen and oxygen atoms in total. The van der Waals surface area contributed by atoms with Gasteiger partial charge in [0.1, 0.15) is 11.3 Å². The molecule has 0 unspecified atom stereocenters. The van der Waals surface area contributed by atoms with Crippen LogP contribution in [0.25, 0.3) is 0 Å². The molecule has 0 aliphatic heterocycles. The van der Waals surface area contributed by atoms with Gasteiger partial charge in [0.15, 0.2) is 5.82 Å². The monoisotopic (exact) mass is 395 g/mol. The molecule has 1 saturated carbocycles. The molecule has 0 amide bonds. The topological polar surface area (TPSA) is 47.5 Å². The number of alkyl halides is 3. The van der Waals surface area contributed by atoms with Crippen molar-refractivity contribution in [1.29, 1.82) is 0 Å². The Labute approximate surface area is 162 Å². The summed E-state index contributed by atoms with van der Waals surface area (Å²) in [6.07, 6.45) is 1.84. The quantitative estimate of drug-likeness (QED) is 0.658. The summed E-state index contributed by atoms with van der Waals surface area (Å²) in [6.45, 7) is 1.98. The van der Waals surface area contributed by atoms with Gasteiger partial charge in [0.25, 0.3) is 0 Å². The lowest BCUT2D eigenvalue weighted by Gasteiger charge is -2.25. The van der Waals surface area contributed by atoms with Gasteiger partial charge in [0, 0.05) is 25.0 Å². The van der Waals surface area contributed by atoms with Gasteiger partial charge in [-0.25, -0.2) is 4.98 Å². The maximum absolute atomic E-state index is 13.5. The fourth-order valence-electron chi connectivity index (χ4n) is 3.27. The lowest BCUT2D eigenvalue weighted by molar-refractivity contribution is -0.137. The highest BCUT2D eigenvalue weighted by Crippen LogP contribution is 2.38. The normalized spacial score (nSPS) is 15.3. The van der Waals surface area contributed by atoms with Crippen LogP contribution < -0.4 is 14.4 Å². The van der Waals surface area contributed by atoms with E-state index in [9.17, 15) is 13.2 Å². The summed E-state index contributed by atoms with van der Waals surface area (Å²) in [5, 5.41) is 0. The lowest BCUT2D eigenvalue weighted by Crippen LogP contribution is -2.21. The Morgan fingerprint density at radius 2 is 1.93 bits per heavy atom. The smallest absolute Gasteiger partial charge is 0.421 e. The Hall–Kier alpha value is -2.51. The van der Waals surface area contributed by atoms with Gasteiger partial charge in [0.05, 0.1) is 12.7 Å². The fourth-order valence-corrected chi connectivity index (χ4v) is 3.27. The summed E-state index contributed by atoms with van der Waals surface area (Å²) < 4.78 is 51.6. The van der Waals surface area contributed by atoms with E-state index >= 15 is 0 Å². The van der Waals surface area contributed by atoms with Crippen molar-refractivity contribution in [2.24, 2.45) is 0 Å². The number of benzene rings is 1. The average Bonchev–Trinajstić information content (AvgIpc) is 2.68. The second-order valence-corrected chi connectivity index (χ2v) is 6.75. The van der Waals surface area contributed by atoms with Crippen LogP contribution >= 0.6 is 0 Å². The van der Waals surface area contributed by atoms with Crippen molar-refractivity contribution in [3.8, 4) is 11.8 Å². The van der Waals surface area contributed by atoms with Gasteiger partial charge in [-0.15, -0.1) is 0 Å². The maximum atomic E-state index is 13.5. The zero-order valence-corrected chi connectivity index (χ0v) is 16.0. The number of nitrogens with zero attached hydrogens (tertiary/aromatic N) is 3. The number of aromatic nitrogens is 2. The third-order valence-corrected chi connectivity index (χ3v) is 4.70. The minimum absolute atomic E-state index is 0.0908. The maximum Gasteiger partial charge on any atom is 0.421 e. The molecular weight excluding hydrogens is 371 g/mol. The molecule has 3 rings (SSSR count). The zero-order chi connectivity index (χ0) is 20.1. The first-order valence-electron chi connectivity index (χ1n) is 9.46. The van der Waals surface area contributed by atoms with E-state index < -0.39 is 11.7 Å². The van der Waals surface area contributed by atoms with Crippen LogP contribution in [0.1, 0.15) is 44.6 Å². The number of hydrogen-bond donors (Lipinski definition) is 0. The van der Waals surface area contributed by atoms with Crippen LogP contribution in [0.5, 0.6) is 11.8 Å². The van der Waals surface area contributed by atoms with E-state index in [-0.39, 0.29) is 24.5 Å². The van der Waals surface area contributed by atoms with Crippen LogP contribution in [0.2, 0.25) is 0 Å². The van der Waals surface area contributed by atoms with Crippen LogP contribution in [-0.2, 0) is 6.18 Å². The van der Waals surface area contributed by atoms with Crippen molar-refractivity contribution in [2.45, 2.75) is 51.3 Å². The van der Waals surface area contributed by atoms with Crippen LogP contribution in [0.15, 0.2) is 30.5 Å². The summed E-state index contributed by atoms with van der Waals surface area (Å²) >= 11 is 0. The van der Waals surface area contributed by atoms with Crippen LogP contribution in [0.3, 0.4) is 0 Å². The number of hydrogen-bond acceptors (Lipinski definition) is 5. The van der Waals surface area contributed by atoms with Gasteiger partial charge in [-0.2, -0.15) is 18.2 Å². The van der Waals surface area contributed by atoms with Crippen molar-refractivity contribution in [3.63, 3.8) is 0 Å². The molecule has 0 atom stereocenters.